The van der Waals surface area contributed by atoms with Gasteiger partial charge in [-0.05, 0) is 68.0 Å². The Balaban J connectivity index is 1.49. The first-order valence-electron chi connectivity index (χ1n) is 12.0. The standard InChI is InChI=1S/C26H32N2O5S/c1-18-8-10-19(11-9-18)24(29)28(22-14-17-34-23(22)26(31)32-2)21-12-15-27(16-13-21)33-25(30)20-6-4-3-5-7-20/h3-7,14,17-19,21H,8-13,15-16H2,1-2H3. The van der Waals surface area contributed by atoms with Crippen LogP contribution in [0, 0.1) is 11.8 Å². The molecule has 1 saturated carbocycles. The zero-order chi connectivity index (χ0) is 24.1. The number of rotatable bonds is 6. The number of hydrogen-bond acceptors (Lipinski definition) is 7. The molecule has 2 heterocycles. The van der Waals surface area contributed by atoms with Gasteiger partial charge in [0.2, 0.25) is 5.91 Å². The lowest BCUT2D eigenvalue weighted by Gasteiger charge is -2.40. The molecule has 0 atom stereocenters. The third kappa shape index (κ3) is 5.50. The van der Waals surface area contributed by atoms with Gasteiger partial charge in [-0.15, -0.1) is 16.4 Å². The summed E-state index contributed by atoms with van der Waals surface area (Å²) in [5.74, 6) is -0.0963. The van der Waals surface area contributed by atoms with Gasteiger partial charge in [0.05, 0.1) is 18.4 Å². The average molecular weight is 485 g/mol. The molecule has 0 unspecified atom stereocenters. The Bertz CT molecular complexity index is 992. The Morgan fingerprint density at radius 2 is 1.62 bits per heavy atom. The maximum atomic E-state index is 13.8. The zero-order valence-electron chi connectivity index (χ0n) is 19.8. The van der Waals surface area contributed by atoms with E-state index in [9.17, 15) is 14.4 Å². The third-order valence-electron chi connectivity index (χ3n) is 6.89. The maximum absolute atomic E-state index is 13.8. The minimum Gasteiger partial charge on any atom is -0.465 e. The fourth-order valence-corrected chi connectivity index (χ4v) is 5.67. The van der Waals surface area contributed by atoms with Gasteiger partial charge in [0.1, 0.15) is 4.88 Å². The van der Waals surface area contributed by atoms with E-state index < -0.39 is 5.97 Å². The van der Waals surface area contributed by atoms with Crippen LogP contribution in [0.2, 0.25) is 0 Å². The van der Waals surface area contributed by atoms with E-state index in [-0.39, 0.29) is 23.8 Å². The first-order valence-corrected chi connectivity index (χ1v) is 12.9. The van der Waals surface area contributed by atoms with Gasteiger partial charge in [-0.2, -0.15) is 0 Å². The van der Waals surface area contributed by atoms with Crippen molar-refractivity contribution < 1.29 is 24.0 Å². The highest BCUT2D eigenvalue weighted by Gasteiger charge is 2.37. The summed E-state index contributed by atoms with van der Waals surface area (Å²) >= 11 is 1.30. The van der Waals surface area contributed by atoms with Gasteiger partial charge in [-0.3, -0.25) is 4.79 Å². The number of esters is 1. The first kappa shape index (κ1) is 24.4. The fraction of sp³-hybridized carbons (Fsp3) is 0.500. The predicted molar refractivity (Wildman–Crippen MR) is 131 cm³/mol. The molecule has 182 valence electrons. The van der Waals surface area contributed by atoms with E-state index in [1.807, 2.05) is 22.4 Å². The lowest BCUT2D eigenvalue weighted by Crippen LogP contribution is -2.50. The predicted octanol–water partition coefficient (Wildman–Crippen LogP) is 4.93. The molecule has 2 aromatic rings. The number of methoxy groups -OCH3 is 1. The number of nitrogens with zero attached hydrogens (tertiary/aromatic N) is 2. The quantitative estimate of drug-likeness (QED) is 0.541. The Labute approximate surface area is 204 Å². The molecule has 0 N–H and O–H groups in total. The van der Waals surface area contributed by atoms with Crippen molar-refractivity contribution in [3.05, 3.63) is 52.2 Å². The molecule has 1 saturated heterocycles. The van der Waals surface area contributed by atoms with Crippen LogP contribution in [0.25, 0.3) is 0 Å². The summed E-state index contributed by atoms with van der Waals surface area (Å²) in [6.07, 6.45) is 5.14. The molecule has 4 rings (SSSR count). The molecule has 0 spiro atoms. The van der Waals surface area contributed by atoms with Crippen molar-refractivity contribution in [1.29, 1.82) is 0 Å². The normalized spacial score (nSPS) is 21.6. The van der Waals surface area contributed by atoms with E-state index in [0.717, 1.165) is 25.7 Å². The molecule has 2 aliphatic rings. The van der Waals surface area contributed by atoms with E-state index >= 15 is 0 Å². The summed E-state index contributed by atoms with van der Waals surface area (Å²) < 4.78 is 4.98. The van der Waals surface area contributed by atoms with Crippen LogP contribution in [0.1, 0.15) is 65.5 Å². The van der Waals surface area contributed by atoms with Gasteiger partial charge in [0.25, 0.3) is 0 Å². The zero-order valence-corrected chi connectivity index (χ0v) is 20.6. The van der Waals surface area contributed by atoms with E-state index in [4.69, 9.17) is 9.57 Å². The van der Waals surface area contributed by atoms with Crippen LogP contribution in [0.3, 0.4) is 0 Å². The summed E-state index contributed by atoms with van der Waals surface area (Å²) in [5.41, 5.74) is 1.15. The van der Waals surface area contributed by atoms with Crippen LogP contribution in [-0.4, -0.2) is 49.2 Å². The topological polar surface area (TPSA) is 76.2 Å². The van der Waals surface area contributed by atoms with Crippen molar-refractivity contribution >= 4 is 34.9 Å². The third-order valence-corrected chi connectivity index (χ3v) is 7.77. The molecule has 1 aromatic carbocycles. The van der Waals surface area contributed by atoms with Gasteiger partial charge in [-0.25, -0.2) is 9.59 Å². The number of thiophene rings is 1. The molecule has 1 amide bonds. The minimum atomic E-state index is -0.422. The number of carbonyl (C=O) groups is 3. The highest BCUT2D eigenvalue weighted by atomic mass is 32.1. The van der Waals surface area contributed by atoms with Crippen molar-refractivity contribution in [2.75, 3.05) is 25.1 Å². The average Bonchev–Trinajstić information content (AvgIpc) is 3.35. The Kier molecular flexibility index (Phi) is 8.00. The number of benzene rings is 1. The number of amides is 1. The van der Waals surface area contributed by atoms with Crippen molar-refractivity contribution in [2.24, 2.45) is 11.8 Å². The van der Waals surface area contributed by atoms with E-state index in [1.165, 1.54) is 18.4 Å². The maximum Gasteiger partial charge on any atom is 0.357 e. The van der Waals surface area contributed by atoms with E-state index in [1.54, 1.807) is 29.3 Å². The summed E-state index contributed by atoms with van der Waals surface area (Å²) in [7, 11) is 1.36. The second-order valence-corrected chi connectivity index (χ2v) is 10.1. The number of hydrogen-bond donors (Lipinski definition) is 0. The molecule has 7 nitrogen and oxygen atoms in total. The van der Waals surface area contributed by atoms with E-state index in [0.29, 0.717) is 48.0 Å². The minimum absolute atomic E-state index is 0.0319. The van der Waals surface area contributed by atoms with Gasteiger partial charge >= 0.3 is 11.9 Å². The van der Waals surface area contributed by atoms with Crippen LogP contribution in [0.4, 0.5) is 5.69 Å². The molecule has 0 bridgehead atoms. The second-order valence-electron chi connectivity index (χ2n) is 9.20. The van der Waals surface area contributed by atoms with Crippen molar-refractivity contribution in [3.8, 4) is 0 Å². The number of piperidine rings is 1. The van der Waals surface area contributed by atoms with Crippen LogP contribution in [0.15, 0.2) is 41.8 Å². The Morgan fingerprint density at radius 1 is 0.941 bits per heavy atom. The number of hydroxylamine groups is 2. The summed E-state index contributed by atoms with van der Waals surface area (Å²) in [4.78, 5) is 46.5. The second kappa shape index (κ2) is 11.1. The molecule has 1 aliphatic carbocycles. The van der Waals surface area contributed by atoms with Crippen LogP contribution in [0.5, 0.6) is 0 Å². The number of anilines is 1. The van der Waals surface area contributed by atoms with Crippen LogP contribution >= 0.6 is 11.3 Å². The molecule has 8 heteroatoms. The van der Waals surface area contributed by atoms with Gasteiger partial charge in [0, 0.05) is 25.0 Å². The van der Waals surface area contributed by atoms with Crippen LogP contribution in [-0.2, 0) is 14.4 Å². The summed E-state index contributed by atoms with van der Waals surface area (Å²) in [5, 5.41) is 3.51. The van der Waals surface area contributed by atoms with Crippen molar-refractivity contribution in [2.45, 2.75) is 51.5 Å². The monoisotopic (exact) mass is 484 g/mol. The Morgan fingerprint density at radius 3 is 2.26 bits per heavy atom. The highest BCUT2D eigenvalue weighted by Crippen LogP contribution is 2.36. The smallest absolute Gasteiger partial charge is 0.357 e. The van der Waals surface area contributed by atoms with Crippen molar-refractivity contribution in [3.63, 3.8) is 0 Å². The molecule has 1 aromatic heterocycles. The SMILES string of the molecule is COC(=O)c1sccc1N(C(=O)C1CCC(C)CC1)C1CCN(OC(=O)c2ccccc2)CC1. The molecule has 0 radical (unpaired) electrons. The molecular formula is C26H32N2O5S. The van der Waals surface area contributed by atoms with Gasteiger partial charge in [0.15, 0.2) is 0 Å². The molecular weight excluding hydrogens is 452 g/mol. The largest absolute Gasteiger partial charge is 0.465 e. The van der Waals surface area contributed by atoms with Gasteiger partial charge in [-0.1, -0.05) is 25.1 Å². The molecule has 2 fully saturated rings. The van der Waals surface area contributed by atoms with Crippen LogP contribution < -0.4 is 4.90 Å². The lowest BCUT2D eigenvalue weighted by atomic mass is 9.82. The van der Waals surface area contributed by atoms with Crippen molar-refractivity contribution in [1.82, 2.24) is 5.06 Å². The number of ether oxygens (including phenoxy) is 1. The highest BCUT2D eigenvalue weighted by molar-refractivity contribution is 7.12. The fourth-order valence-electron chi connectivity index (χ4n) is 4.87. The van der Waals surface area contributed by atoms with Gasteiger partial charge < -0.3 is 14.5 Å². The molecule has 1 aliphatic heterocycles. The molecule has 34 heavy (non-hydrogen) atoms. The summed E-state index contributed by atoms with van der Waals surface area (Å²) in [6, 6.07) is 10.7. The lowest BCUT2D eigenvalue weighted by molar-refractivity contribution is -0.129. The Hall–Kier alpha value is -2.71. The number of carbonyl (C=O) groups excluding carboxylic acids is 3. The summed E-state index contributed by atoms with van der Waals surface area (Å²) in [6.45, 7) is 3.28. The van der Waals surface area contributed by atoms with E-state index in [2.05, 4.69) is 6.92 Å². The first-order chi connectivity index (χ1) is 16.5.